The van der Waals surface area contributed by atoms with Crippen molar-refractivity contribution < 1.29 is 14.2 Å². The van der Waals surface area contributed by atoms with E-state index in [4.69, 9.17) is 16.3 Å². The molecule has 1 aromatic heterocycles. The molecule has 1 atom stereocenters. The van der Waals surface area contributed by atoms with Gasteiger partial charge in [0.05, 0.1) is 17.8 Å². The second-order valence-electron chi connectivity index (χ2n) is 3.92. The molecule has 0 bridgehead atoms. The van der Waals surface area contributed by atoms with E-state index in [-0.39, 0.29) is 11.4 Å². The Morgan fingerprint density at radius 3 is 2.95 bits per heavy atom. The molecule has 0 saturated heterocycles. The molecular weight excluding hydrogens is 271 g/mol. The summed E-state index contributed by atoms with van der Waals surface area (Å²) in [5.74, 6) is -0.181. The summed E-state index contributed by atoms with van der Waals surface area (Å²) < 4.78 is 18.7. The smallest absolute Gasteiger partial charge is 0.216 e. The Morgan fingerprint density at radius 1 is 1.42 bits per heavy atom. The van der Waals surface area contributed by atoms with E-state index in [0.717, 1.165) is 0 Å². The molecule has 0 aliphatic heterocycles. The summed E-state index contributed by atoms with van der Waals surface area (Å²) in [5, 5.41) is 10.1. The highest BCUT2D eigenvalue weighted by Crippen LogP contribution is 2.23. The largest absolute Gasteiger partial charge is 0.481 e. The lowest BCUT2D eigenvalue weighted by atomic mass is 10.0. The molecule has 1 heterocycles. The normalized spacial score (nSPS) is 12.2. The molecule has 1 N–H and O–H groups in total. The number of ether oxygens (including phenoxy) is 1. The molecule has 0 amide bonds. The lowest BCUT2D eigenvalue weighted by Crippen LogP contribution is -2.06. The number of hydrogen-bond donors (Lipinski definition) is 1. The van der Waals surface area contributed by atoms with E-state index in [1.165, 1.54) is 25.6 Å². The van der Waals surface area contributed by atoms with Gasteiger partial charge in [0.15, 0.2) is 0 Å². The van der Waals surface area contributed by atoms with Gasteiger partial charge in [0.25, 0.3) is 0 Å². The monoisotopic (exact) mass is 282 g/mol. The maximum Gasteiger partial charge on any atom is 0.216 e. The lowest BCUT2D eigenvalue weighted by molar-refractivity contribution is 0.171. The minimum absolute atomic E-state index is 0.0324. The quantitative estimate of drug-likeness (QED) is 0.936. The summed E-state index contributed by atoms with van der Waals surface area (Å²) >= 11 is 5.69. The third-order valence-electron chi connectivity index (χ3n) is 2.66. The van der Waals surface area contributed by atoms with Crippen molar-refractivity contribution in [3.8, 4) is 5.88 Å². The van der Waals surface area contributed by atoms with Crippen molar-refractivity contribution in [1.29, 1.82) is 0 Å². The van der Waals surface area contributed by atoms with Crippen molar-refractivity contribution in [2.45, 2.75) is 12.5 Å². The zero-order valence-corrected chi connectivity index (χ0v) is 10.9. The number of aromatic nitrogens is 2. The molecule has 1 unspecified atom stereocenters. The van der Waals surface area contributed by atoms with E-state index >= 15 is 0 Å². The van der Waals surface area contributed by atoms with Crippen LogP contribution in [0.25, 0.3) is 0 Å². The molecule has 0 spiro atoms. The van der Waals surface area contributed by atoms with Crippen molar-refractivity contribution in [3.63, 3.8) is 0 Å². The molecule has 6 heteroatoms. The van der Waals surface area contributed by atoms with Gasteiger partial charge in [0.1, 0.15) is 18.2 Å². The van der Waals surface area contributed by atoms with Crippen LogP contribution in [0.4, 0.5) is 4.39 Å². The summed E-state index contributed by atoms with van der Waals surface area (Å²) in [6.07, 6.45) is 0.406. The van der Waals surface area contributed by atoms with Crippen LogP contribution < -0.4 is 4.74 Å². The van der Waals surface area contributed by atoms with E-state index in [1.807, 2.05) is 0 Å². The van der Waals surface area contributed by atoms with E-state index < -0.39 is 11.9 Å². The Kier molecular flexibility index (Phi) is 4.29. The lowest BCUT2D eigenvalue weighted by Gasteiger charge is -2.11. The molecule has 100 valence electrons. The van der Waals surface area contributed by atoms with Crippen LogP contribution in [-0.4, -0.2) is 22.2 Å². The maximum atomic E-state index is 13.7. The third-order valence-corrected chi connectivity index (χ3v) is 2.95. The standard InChI is InChI=1S/C13H12ClFN2O2/c1-19-12-6-10(16-7-17-12)11(18)5-8-3-2-4-9(14)13(8)15/h2-4,6-7,11,18H,5H2,1H3. The SMILES string of the molecule is COc1cc(C(O)Cc2cccc(Cl)c2F)ncn1. The van der Waals surface area contributed by atoms with Crippen LogP contribution in [0.5, 0.6) is 5.88 Å². The Balaban J connectivity index is 2.20. The highest BCUT2D eigenvalue weighted by Gasteiger charge is 2.15. The molecule has 2 aromatic rings. The highest BCUT2D eigenvalue weighted by atomic mass is 35.5. The summed E-state index contributed by atoms with van der Waals surface area (Å²) in [4.78, 5) is 7.78. The van der Waals surface area contributed by atoms with Gasteiger partial charge in [0, 0.05) is 12.5 Å². The fraction of sp³-hybridized carbons (Fsp3) is 0.231. The summed E-state index contributed by atoms with van der Waals surface area (Å²) in [7, 11) is 1.47. The minimum Gasteiger partial charge on any atom is -0.481 e. The second-order valence-corrected chi connectivity index (χ2v) is 4.33. The van der Waals surface area contributed by atoms with Crippen LogP contribution in [0.15, 0.2) is 30.6 Å². The third kappa shape index (κ3) is 3.19. The predicted octanol–water partition coefficient (Wildman–Crippen LogP) is 2.55. The molecule has 0 saturated carbocycles. The highest BCUT2D eigenvalue weighted by molar-refractivity contribution is 6.30. The number of rotatable bonds is 4. The fourth-order valence-corrected chi connectivity index (χ4v) is 1.86. The summed E-state index contributed by atoms with van der Waals surface area (Å²) in [6.45, 7) is 0. The molecule has 0 aliphatic carbocycles. The van der Waals surface area contributed by atoms with Gasteiger partial charge < -0.3 is 9.84 Å². The van der Waals surface area contributed by atoms with Gasteiger partial charge in [-0.2, -0.15) is 0 Å². The van der Waals surface area contributed by atoms with Gasteiger partial charge in [-0.1, -0.05) is 23.7 Å². The average molecular weight is 283 g/mol. The zero-order valence-electron chi connectivity index (χ0n) is 10.2. The molecule has 4 nitrogen and oxygen atoms in total. The number of halogens is 2. The van der Waals surface area contributed by atoms with Crippen molar-refractivity contribution in [2.24, 2.45) is 0 Å². The number of aliphatic hydroxyl groups excluding tert-OH is 1. The number of hydrogen-bond acceptors (Lipinski definition) is 4. The van der Waals surface area contributed by atoms with E-state index in [1.54, 1.807) is 12.1 Å². The fourth-order valence-electron chi connectivity index (χ4n) is 1.67. The van der Waals surface area contributed by atoms with Crippen molar-refractivity contribution in [2.75, 3.05) is 7.11 Å². The molecule has 0 radical (unpaired) electrons. The van der Waals surface area contributed by atoms with E-state index in [0.29, 0.717) is 17.1 Å². The number of nitrogens with zero attached hydrogens (tertiary/aromatic N) is 2. The Labute approximate surface area is 114 Å². The van der Waals surface area contributed by atoms with Gasteiger partial charge in [-0.3, -0.25) is 0 Å². The Morgan fingerprint density at radius 2 is 2.21 bits per heavy atom. The number of benzene rings is 1. The molecule has 19 heavy (non-hydrogen) atoms. The van der Waals surface area contributed by atoms with Crippen LogP contribution in [0.1, 0.15) is 17.4 Å². The maximum absolute atomic E-state index is 13.7. The first kappa shape index (κ1) is 13.7. The van der Waals surface area contributed by atoms with Crippen LogP contribution in [0.3, 0.4) is 0 Å². The first-order chi connectivity index (χ1) is 9.11. The minimum atomic E-state index is -0.954. The molecule has 1 aromatic carbocycles. The second kappa shape index (κ2) is 5.95. The van der Waals surface area contributed by atoms with Gasteiger partial charge in [-0.25, -0.2) is 14.4 Å². The first-order valence-electron chi connectivity index (χ1n) is 5.58. The Hall–Kier alpha value is -1.72. The molecule has 2 rings (SSSR count). The topological polar surface area (TPSA) is 55.2 Å². The molecule has 0 aliphatic rings. The zero-order chi connectivity index (χ0) is 13.8. The van der Waals surface area contributed by atoms with Crippen molar-refractivity contribution >= 4 is 11.6 Å². The van der Waals surface area contributed by atoms with Crippen molar-refractivity contribution in [1.82, 2.24) is 9.97 Å². The van der Waals surface area contributed by atoms with Crippen LogP contribution in [0.2, 0.25) is 5.02 Å². The number of methoxy groups -OCH3 is 1. The number of aliphatic hydroxyl groups is 1. The van der Waals surface area contributed by atoms with Gasteiger partial charge in [-0.15, -0.1) is 0 Å². The molecular formula is C13H12ClFN2O2. The molecule has 0 fully saturated rings. The predicted molar refractivity (Wildman–Crippen MR) is 68.7 cm³/mol. The first-order valence-corrected chi connectivity index (χ1v) is 5.96. The summed E-state index contributed by atoms with van der Waals surface area (Å²) in [5.41, 5.74) is 0.698. The van der Waals surface area contributed by atoms with Crippen molar-refractivity contribution in [3.05, 3.63) is 52.7 Å². The van der Waals surface area contributed by atoms with E-state index in [9.17, 15) is 9.50 Å². The van der Waals surface area contributed by atoms with Crippen LogP contribution in [0, 0.1) is 5.82 Å². The van der Waals surface area contributed by atoms with Gasteiger partial charge in [0.2, 0.25) is 5.88 Å². The Bertz CT molecular complexity index is 580. The summed E-state index contributed by atoms with van der Waals surface area (Å²) in [6, 6.07) is 6.17. The van der Waals surface area contributed by atoms with Crippen LogP contribution >= 0.6 is 11.6 Å². The van der Waals surface area contributed by atoms with Crippen LogP contribution in [-0.2, 0) is 6.42 Å². The van der Waals surface area contributed by atoms with Gasteiger partial charge >= 0.3 is 0 Å². The van der Waals surface area contributed by atoms with E-state index in [2.05, 4.69) is 9.97 Å². The van der Waals surface area contributed by atoms with Gasteiger partial charge in [-0.05, 0) is 11.6 Å². The average Bonchev–Trinajstić information content (AvgIpc) is 2.44.